The maximum Gasteiger partial charge on any atom is 0.176 e. The number of benzene rings is 1. The largest absolute Gasteiger partial charge is 0.486 e. The smallest absolute Gasteiger partial charge is 0.176 e. The second kappa shape index (κ2) is 6.94. The molecule has 1 aliphatic heterocycles. The highest BCUT2D eigenvalue weighted by atomic mass is 16.6. The average molecular weight is 289 g/mol. The molecule has 0 amide bonds. The Morgan fingerprint density at radius 2 is 1.76 bits per heavy atom. The van der Waals surface area contributed by atoms with Crippen molar-refractivity contribution < 1.29 is 14.3 Å². The SMILES string of the molecule is O=C(CNC1CCCCCC1)c1ccc2c(c1)OCCO2. The van der Waals surface area contributed by atoms with Gasteiger partial charge in [0.05, 0.1) is 6.54 Å². The lowest BCUT2D eigenvalue weighted by molar-refractivity contribution is 0.0985. The van der Waals surface area contributed by atoms with Crippen molar-refractivity contribution >= 4 is 5.78 Å². The molecule has 3 rings (SSSR count). The standard InChI is InChI=1S/C17H23NO3/c19-15(12-18-14-5-3-1-2-4-6-14)13-7-8-16-17(11-13)21-10-9-20-16/h7-8,11,14,18H,1-6,9-10,12H2. The molecule has 4 heteroatoms. The van der Waals surface area contributed by atoms with Crippen molar-refractivity contribution in [1.82, 2.24) is 5.32 Å². The summed E-state index contributed by atoms with van der Waals surface area (Å²) in [6.07, 6.45) is 7.58. The second-order valence-electron chi connectivity index (χ2n) is 5.85. The van der Waals surface area contributed by atoms with Gasteiger partial charge in [0.15, 0.2) is 17.3 Å². The van der Waals surface area contributed by atoms with Crippen LogP contribution >= 0.6 is 0 Å². The molecule has 0 atom stereocenters. The zero-order chi connectivity index (χ0) is 14.5. The number of hydrogen-bond donors (Lipinski definition) is 1. The molecular weight excluding hydrogens is 266 g/mol. The molecule has 1 aromatic carbocycles. The van der Waals surface area contributed by atoms with Gasteiger partial charge < -0.3 is 14.8 Å². The predicted octanol–water partition coefficient (Wildman–Crippen LogP) is 2.95. The van der Waals surface area contributed by atoms with Crippen molar-refractivity contribution in [3.8, 4) is 11.5 Å². The lowest BCUT2D eigenvalue weighted by atomic mass is 10.1. The molecule has 1 aromatic rings. The van der Waals surface area contributed by atoms with Gasteiger partial charge in [0.1, 0.15) is 13.2 Å². The van der Waals surface area contributed by atoms with E-state index in [1.807, 2.05) is 12.1 Å². The molecule has 21 heavy (non-hydrogen) atoms. The third-order valence-electron chi connectivity index (χ3n) is 4.27. The molecule has 2 aliphatic rings. The minimum atomic E-state index is 0.122. The highest BCUT2D eigenvalue weighted by Crippen LogP contribution is 2.30. The van der Waals surface area contributed by atoms with E-state index in [4.69, 9.17) is 9.47 Å². The third-order valence-corrected chi connectivity index (χ3v) is 4.27. The van der Waals surface area contributed by atoms with Gasteiger partial charge in [-0.15, -0.1) is 0 Å². The van der Waals surface area contributed by atoms with Gasteiger partial charge in [-0.05, 0) is 31.0 Å². The van der Waals surface area contributed by atoms with Crippen LogP contribution in [0.5, 0.6) is 11.5 Å². The Balaban J connectivity index is 1.57. The Labute approximate surface area is 125 Å². The highest BCUT2D eigenvalue weighted by Gasteiger charge is 2.17. The minimum Gasteiger partial charge on any atom is -0.486 e. The lowest BCUT2D eigenvalue weighted by Gasteiger charge is -2.19. The number of ketones is 1. The topological polar surface area (TPSA) is 47.6 Å². The first-order valence-corrected chi connectivity index (χ1v) is 7.99. The van der Waals surface area contributed by atoms with Gasteiger partial charge in [0.25, 0.3) is 0 Å². The Kier molecular flexibility index (Phi) is 4.76. The molecule has 1 aliphatic carbocycles. The number of rotatable bonds is 4. The summed E-state index contributed by atoms with van der Waals surface area (Å²) >= 11 is 0. The second-order valence-corrected chi connectivity index (χ2v) is 5.85. The molecule has 114 valence electrons. The fraction of sp³-hybridized carbons (Fsp3) is 0.588. The monoisotopic (exact) mass is 289 g/mol. The van der Waals surface area contributed by atoms with Crippen LogP contribution < -0.4 is 14.8 Å². The molecule has 1 heterocycles. The number of hydrogen-bond acceptors (Lipinski definition) is 4. The average Bonchev–Trinajstić information content (AvgIpc) is 2.81. The summed E-state index contributed by atoms with van der Waals surface area (Å²) in [6, 6.07) is 5.94. The van der Waals surface area contributed by atoms with Crippen LogP contribution in [-0.2, 0) is 0 Å². The van der Waals surface area contributed by atoms with E-state index in [2.05, 4.69) is 5.32 Å². The van der Waals surface area contributed by atoms with E-state index in [-0.39, 0.29) is 5.78 Å². The summed E-state index contributed by atoms with van der Waals surface area (Å²) in [6.45, 7) is 1.53. The minimum absolute atomic E-state index is 0.122. The number of carbonyl (C=O) groups excluding carboxylic acids is 1. The molecule has 0 radical (unpaired) electrons. The Bertz CT molecular complexity index is 493. The van der Waals surface area contributed by atoms with Crippen molar-refractivity contribution in [3.63, 3.8) is 0 Å². The van der Waals surface area contributed by atoms with Crippen LogP contribution in [0.1, 0.15) is 48.9 Å². The predicted molar refractivity (Wildman–Crippen MR) is 81.3 cm³/mol. The first-order valence-electron chi connectivity index (χ1n) is 7.99. The lowest BCUT2D eigenvalue weighted by Crippen LogP contribution is -2.33. The van der Waals surface area contributed by atoms with E-state index in [1.54, 1.807) is 6.07 Å². The number of carbonyl (C=O) groups is 1. The van der Waals surface area contributed by atoms with E-state index < -0.39 is 0 Å². The summed E-state index contributed by atoms with van der Waals surface area (Å²) in [4.78, 5) is 12.3. The molecule has 0 saturated heterocycles. The maximum absolute atomic E-state index is 12.3. The Morgan fingerprint density at radius 1 is 1.05 bits per heavy atom. The third kappa shape index (κ3) is 3.76. The molecule has 0 bridgehead atoms. The fourth-order valence-electron chi connectivity index (χ4n) is 3.04. The quantitative estimate of drug-likeness (QED) is 0.684. The van der Waals surface area contributed by atoms with Crippen molar-refractivity contribution in [1.29, 1.82) is 0 Å². The van der Waals surface area contributed by atoms with Gasteiger partial charge >= 0.3 is 0 Å². The van der Waals surface area contributed by atoms with Crippen LogP contribution in [-0.4, -0.2) is 31.6 Å². The fourth-order valence-corrected chi connectivity index (χ4v) is 3.04. The Morgan fingerprint density at radius 3 is 2.52 bits per heavy atom. The van der Waals surface area contributed by atoms with Crippen LogP contribution in [0.2, 0.25) is 0 Å². The Hall–Kier alpha value is -1.55. The molecule has 1 N–H and O–H groups in total. The van der Waals surface area contributed by atoms with Crippen molar-refractivity contribution in [3.05, 3.63) is 23.8 Å². The van der Waals surface area contributed by atoms with Gasteiger partial charge in [0, 0.05) is 11.6 Å². The summed E-state index contributed by atoms with van der Waals surface area (Å²) in [5.41, 5.74) is 0.695. The number of nitrogens with one attached hydrogen (secondary N) is 1. The van der Waals surface area contributed by atoms with Gasteiger partial charge in [-0.1, -0.05) is 25.7 Å². The van der Waals surface area contributed by atoms with E-state index >= 15 is 0 Å². The van der Waals surface area contributed by atoms with E-state index in [0.717, 1.165) is 5.75 Å². The number of fused-ring (bicyclic) bond motifs is 1. The molecule has 1 fully saturated rings. The molecule has 4 nitrogen and oxygen atoms in total. The number of Topliss-reactive ketones (excluding diaryl/α,β-unsaturated/α-hetero) is 1. The van der Waals surface area contributed by atoms with Crippen LogP contribution in [0.15, 0.2) is 18.2 Å². The van der Waals surface area contributed by atoms with Gasteiger partial charge in [-0.3, -0.25) is 4.79 Å². The zero-order valence-corrected chi connectivity index (χ0v) is 12.4. The summed E-state index contributed by atoms with van der Waals surface area (Å²) in [5, 5.41) is 3.42. The van der Waals surface area contributed by atoms with Gasteiger partial charge in [0.2, 0.25) is 0 Å². The molecule has 0 spiro atoms. The molecule has 1 saturated carbocycles. The highest BCUT2D eigenvalue weighted by molar-refractivity contribution is 5.98. The van der Waals surface area contributed by atoms with Crippen LogP contribution in [0, 0.1) is 0 Å². The normalized spacial score (nSPS) is 19.0. The molecule has 0 unspecified atom stereocenters. The van der Waals surface area contributed by atoms with Crippen molar-refractivity contribution in [2.24, 2.45) is 0 Å². The van der Waals surface area contributed by atoms with Crippen molar-refractivity contribution in [2.75, 3.05) is 19.8 Å². The molecule has 0 aromatic heterocycles. The maximum atomic E-state index is 12.3. The first kappa shape index (κ1) is 14.4. The summed E-state index contributed by atoms with van der Waals surface area (Å²) in [5.74, 6) is 1.53. The van der Waals surface area contributed by atoms with E-state index in [0.29, 0.717) is 37.1 Å². The summed E-state index contributed by atoms with van der Waals surface area (Å²) in [7, 11) is 0. The van der Waals surface area contributed by atoms with Crippen LogP contribution in [0.4, 0.5) is 0 Å². The van der Waals surface area contributed by atoms with E-state index in [9.17, 15) is 4.79 Å². The van der Waals surface area contributed by atoms with Crippen LogP contribution in [0.25, 0.3) is 0 Å². The summed E-state index contributed by atoms with van der Waals surface area (Å²) < 4.78 is 11.0. The van der Waals surface area contributed by atoms with Gasteiger partial charge in [-0.2, -0.15) is 0 Å². The van der Waals surface area contributed by atoms with E-state index in [1.165, 1.54) is 38.5 Å². The van der Waals surface area contributed by atoms with Crippen molar-refractivity contribution in [2.45, 2.75) is 44.6 Å². The zero-order valence-electron chi connectivity index (χ0n) is 12.4. The van der Waals surface area contributed by atoms with Crippen LogP contribution in [0.3, 0.4) is 0 Å². The first-order chi connectivity index (χ1) is 10.3. The van der Waals surface area contributed by atoms with Gasteiger partial charge in [-0.25, -0.2) is 0 Å². The number of ether oxygens (including phenoxy) is 2. The molecular formula is C17H23NO3.